The average Bonchev–Trinajstić information content (AvgIpc) is 3.22. The highest BCUT2D eigenvalue weighted by Gasteiger charge is 2.22. The first-order chi connectivity index (χ1) is 12.8. The van der Waals surface area contributed by atoms with Gasteiger partial charge in [0, 0.05) is 66.8 Å². The number of hydrogen-bond acceptors (Lipinski definition) is 5. The highest BCUT2D eigenvalue weighted by molar-refractivity contribution is 7.09. The van der Waals surface area contributed by atoms with Gasteiger partial charge >= 0.3 is 0 Å². The molecule has 1 aliphatic heterocycles. The van der Waals surface area contributed by atoms with Crippen molar-refractivity contribution in [2.75, 3.05) is 31.1 Å². The van der Waals surface area contributed by atoms with E-state index in [0.29, 0.717) is 0 Å². The van der Waals surface area contributed by atoms with Gasteiger partial charge in [0.15, 0.2) is 0 Å². The first-order valence-electron chi connectivity index (χ1n) is 8.98. The van der Waals surface area contributed by atoms with E-state index in [9.17, 15) is 5.11 Å². The summed E-state index contributed by atoms with van der Waals surface area (Å²) in [5.74, 6) is 0. The fourth-order valence-electron chi connectivity index (χ4n) is 3.49. The standard InChI is InChI=1S/C21H23N3OS/c25-21(17-5-3-9-22-15-17)19-7-1-2-8-20(19)24-12-10-23(11-13-24)16-18-6-4-14-26-18/h1-9,14-15,21,25H,10-13,16H2/t21-/m1/s1. The lowest BCUT2D eigenvalue weighted by atomic mass is 10.0. The molecule has 1 atom stereocenters. The molecular weight excluding hydrogens is 342 g/mol. The number of aliphatic hydroxyl groups is 1. The minimum Gasteiger partial charge on any atom is -0.384 e. The number of benzene rings is 1. The molecule has 5 heteroatoms. The summed E-state index contributed by atoms with van der Waals surface area (Å²) >= 11 is 1.82. The molecule has 1 saturated heterocycles. The zero-order valence-corrected chi connectivity index (χ0v) is 15.5. The van der Waals surface area contributed by atoms with Gasteiger partial charge in [-0.05, 0) is 23.6 Å². The van der Waals surface area contributed by atoms with Gasteiger partial charge in [0.05, 0.1) is 0 Å². The van der Waals surface area contributed by atoms with Gasteiger partial charge < -0.3 is 10.0 Å². The van der Waals surface area contributed by atoms with E-state index in [1.165, 1.54) is 4.88 Å². The number of pyridine rings is 1. The second-order valence-electron chi connectivity index (χ2n) is 6.59. The Balaban J connectivity index is 1.47. The third-order valence-electron chi connectivity index (χ3n) is 4.90. The number of aliphatic hydroxyl groups excluding tert-OH is 1. The Hall–Kier alpha value is -2.21. The normalized spacial score (nSPS) is 16.6. The minimum atomic E-state index is -0.649. The summed E-state index contributed by atoms with van der Waals surface area (Å²) < 4.78 is 0. The molecule has 2 aromatic heterocycles. The third kappa shape index (κ3) is 3.80. The number of nitrogens with zero attached hydrogens (tertiary/aromatic N) is 3. The van der Waals surface area contributed by atoms with Crippen LogP contribution in [0.15, 0.2) is 66.3 Å². The van der Waals surface area contributed by atoms with Crippen LogP contribution in [0.1, 0.15) is 22.1 Å². The van der Waals surface area contributed by atoms with E-state index in [4.69, 9.17) is 0 Å². The molecule has 26 heavy (non-hydrogen) atoms. The molecule has 3 aromatic rings. The minimum absolute atomic E-state index is 0.649. The van der Waals surface area contributed by atoms with E-state index in [2.05, 4.69) is 38.4 Å². The van der Waals surface area contributed by atoms with Crippen LogP contribution in [0, 0.1) is 0 Å². The smallest absolute Gasteiger partial charge is 0.108 e. The van der Waals surface area contributed by atoms with Crippen LogP contribution in [-0.4, -0.2) is 41.2 Å². The third-order valence-corrected chi connectivity index (χ3v) is 5.77. The number of piperazine rings is 1. The molecule has 0 spiro atoms. The second-order valence-corrected chi connectivity index (χ2v) is 7.62. The average molecular weight is 366 g/mol. The first-order valence-corrected chi connectivity index (χ1v) is 9.86. The van der Waals surface area contributed by atoms with Gasteiger partial charge in [0.2, 0.25) is 0 Å². The second kappa shape index (κ2) is 7.99. The van der Waals surface area contributed by atoms with Crippen molar-refractivity contribution in [3.05, 3.63) is 82.3 Å². The monoisotopic (exact) mass is 365 g/mol. The van der Waals surface area contributed by atoms with Crippen LogP contribution < -0.4 is 4.90 Å². The summed E-state index contributed by atoms with van der Waals surface area (Å²) in [5, 5.41) is 13.0. The van der Waals surface area contributed by atoms with Gasteiger partial charge in [0.25, 0.3) is 0 Å². The summed E-state index contributed by atoms with van der Waals surface area (Å²) in [4.78, 5) is 10.5. The highest BCUT2D eigenvalue weighted by Crippen LogP contribution is 2.31. The Morgan fingerprint density at radius 3 is 2.58 bits per heavy atom. The zero-order valence-electron chi connectivity index (χ0n) is 14.7. The SMILES string of the molecule is O[C@H](c1cccnc1)c1ccccc1N1CCN(Cc2cccs2)CC1. The molecule has 1 N–H and O–H groups in total. The van der Waals surface area contributed by atoms with Crippen molar-refractivity contribution in [3.63, 3.8) is 0 Å². The van der Waals surface area contributed by atoms with Crippen molar-refractivity contribution >= 4 is 17.0 Å². The van der Waals surface area contributed by atoms with Crippen LogP contribution in [-0.2, 0) is 6.54 Å². The molecule has 0 saturated carbocycles. The molecule has 1 fully saturated rings. The van der Waals surface area contributed by atoms with Crippen molar-refractivity contribution in [3.8, 4) is 0 Å². The lowest BCUT2D eigenvalue weighted by molar-refractivity contribution is 0.218. The van der Waals surface area contributed by atoms with E-state index in [1.807, 2.05) is 41.7 Å². The fourth-order valence-corrected chi connectivity index (χ4v) is 4.24. The van der Waals surface area contributed by atoms with Gasteiger partial charge in [-0.2, -0.15) is 0 Å². The van der Waals surface area contributed by atoms with Gasteiger partial charge in [-0.25, -0.2) is 0 Å². The van der Waals surface area contributed by atoms with Crippen LogP contribution >= 0.6 is 11.3 Å². The zero-order chi connectivity index (χ0) is 17.8. The van der Waals surface area contributed by atoms with Crippen molar-refractivity contribution < 1.29 is 5.11 Å². The van der Waals surface area contributed by atoms with Crippen LogP contribution in [0.25, 0.3) is 0 Å². The maximum Gasteiger partial charge on any atom is 0.108 e. The maximum atomic E-state index is 10.9. The molecule has 0 radical (unpaired) electrons. The molecule has 0 aliphatic carbocycles. The predicted molar refractivity (Wildman–Crippen MR) is 107 cm³/mol. The topological polar surface area (TPSA) is 39.6 Å². The van der Waals surface area contributed by atoms with E-state index in [0.717, 1.165) is 49.5 Å². The Morgan fingerprint density at radius 2 is 1.85 bits per heavy atom. The lowest BCUT2D eigenvalue weighted by Crippen LogP contribution is -2.46. The molecule has 4 nitrogen and oxygen atoms in total. The van der Waals surface area contributed by atoms with Gasteiger partial charge in [-0.15, -0.1) is 11.3 Å². The summed E-state index contributed by atoms with van der Waals surface area (Å²) in [6.07, 6.45) is 2.82. The molecule has 1 aliphatic rings. The van der Waals surface area contributed by atoms with E-state index < -0.39 is 6.10 Å². The molecule has 0 amide bonds. The number of anilines is 1. The van der Waals surface area contributed by atoms with Crippen LogP contribution in [0.3, 0.4) is 0 Å². The Kier molecular flexibility index (Phi) is 5.29. The molecule has 0 bridgehead atoms. The summed E-state index contributed by atoms with van der Waals surface area (Å²) in [5.41, 5.74) is 2.91. The highest BCUT2D eigenvalue weighted by atomic mass is 32.1. The summed E-state index contributed by atoms with van der Waals surface area (Å²) in [6, 6.07) is 16.3. The fraction of sp³-hybridized carbons (Fsp3) is 0.286. The number of aromatic nitrogens is 1. The molecule has 3 heterocycles. The summed E-state index contributed by atoms with van der Waals surface area (Å²) in [7, 11) is 0. The number of hydrogen-bond donors (Lipinski definition) is 1. The lowest BCUT2D eigenvalue weighted by Gasteiger charge is -2.37. The van der Waals surface area contributed by atoms with Crippen molar-refractivity contribution in [2.45, 2.75) is 12.6 Å². The Labute approximate surface area is 158 Å². The van der Waals surface area contributed by atoms with Crippen LogP contribution in [0.5, 0.6) is 0 Å². The van der Waals surface area contributed by atoms with Gasteiger partial charge in [-0.3, -0.25) is 9.88 Å². The van der Waals surface area contributed by atoms with Gasteiger partial charge in [-0.1, -0.05) is 30.3 Å². The molecule has 0 unspecified atom stereocenters. The Morgan fingerprint density at radius 1 is 1.00 bits per heavy atom. The van der Waals surface area contributed by atoms with Crippen molar-refractivity contribution in [1.29, 1.82) is 0 Å². The summed E-state index contributed by atoms with van der Waals surface area (Å²) in [6.45, 7) is 5.06. The molecule has 134 valence electrons. The van der Waals surface area contributed by atoms with Crippen molar-refractivity contribution in [1.82, 2.24) is 9.88 Å². The van der Waals surface area contributed by atoms with E-state index >= 15 is 0 Å². The van der Waals surface area contributed by atoms with E-state index in [-0.39, 0.29) is 0 Å². The molecule has 1 aromatic carbocycles. The number of rotatable bonds is 5. The largest absolute Gasteiger partial charge is 0.384 e. The van der Waals surface area contributed by atoms with Gasteiger partial charge in [0.1, 0.15) is 6.10 Å². The first kappa shape index (κ1) is 17.2. The van der Waals surface area contributed by atoms with Crippen LogP contribution in [0.4, 0.5) is 5.69 Å². The quantitative estimate of drug-likeness (QED) is 0.751. The number of thiophene rings is 1. The van der Waals surface area contributed by atoms with Crippen molar-refractivity contribution in [2.24, 2.45) is 0 Å². The number of para-hydroxylation sites is 1. The maximum absolute atomic E-state index is 10.9. The van der Waals surface area contributed by atoms with Crippen LogP contribution in [0.2, 0.25) is 0 Å². The van der Waals surface area contributed by atoms with E-state index in [1.54, 1.807) is 12.4 Å². The molecular formula is C21H23N3OS. The Bertz CT molecular complexity index is 814. The molecule has 4 rings (SSSR count). The predicted octanol–water partition coefficient (Wildman–Crippen LogP) is 3.55.